The first-order valence-electron chi connectivity index (χ1n) is 11.0. The van der Waals surface area contributed by atoms with Gasteiger partial charge in [-0.1, -0.05) is 64.4 Å². The zero-order valence-electron chi connectivity index (χ0n) is 16.3. The first-order valence-corrected chi connectivity index (χ1v) is 11.0. The van der Waals surface area contributed by atoms with Crippen molar-refractivity contribution in [2.45, 2.75) is 109 Å². The van der Waals surface area contributed by atoms with Crippen LogP contribution in [0.2, 0.25) is 0 Å². The molecule has 0 saturated heterocycles. The molecule has 2 aliphatic carbocycles. The van der Waals surface area contributed by atoms with Crippen LogP contribution in [0, 0.1) is 17.8 Å². The number of hydrogen-bond donors (Lipinski definition) is 0. The van der Waals surface area contributed by atoms with Crippen molar-refractivity contribution in [3.05, 3.63) is 12.7 Å². The number of allylic oxidation sites excluding steroid dienone is 1. The molecule has 2 aliphatic rings. The molecule has 0 heterocycles. The first kappa shape index (κ1) is 20.0. The maximum atomic E-state index is 6.06. The van der Waals surface area contributed by atoms with Crippen LogP contribution in [-0.2, 0) is 4.74 Å². The Morgan fingerprint density at radius 1 is 0.792 bits per heavy atom. The van der Waals surface area contributed by atoms with Gasteiger partial charge in [0, 0.05) is 6.61 Å². The topological polar surface area (TPSA) is 9.23 Å². The summed E-state index contributed by atoms with van der Waals surface area (Å²) in [6.45, 7) is 7.12. The van der Waals surface area contributed by atoms with Gasteiger partial charge in [-0.05, 0) is 62.7 Å². The second kappa shape index (κ2) is 12.1. The second-order valence-electron chi connectivity index (χ2n) is 8.55. The maximum absolute atomic E-state index is 6.06. The summed E-state index contributed by atoms with van der Waals surface area (Å²) in [6, 6.07) is 0. The molecule has 1 nitrogen and oxygen atoms in total. The largest absolute Gasteiger partial charge is 0.378 e. The van der Waals surface area contributed by atoms with Gasteiger partial charge in [-0.2, -0.15) is 0 Å². The summed E-state index contributed by atoms with van der Waals surface area (Å²) in [5.41, 5.74) is 0. The molecule has 0 amide bonds. The van der Waals surface area contributed by atoms with Crippen LogP contribution in [0.4, 0.5) is 0 Å². The van der Waals surface area contributed by atoms with E-state index in [0.717, 1.165) is 24.4 Å². The van der Waals surface area contributed by atoms with Gasteiger partial charge in [0.2, 0.25) is 0 Å². The number of rotatable bonds is 11. The first-order chi connectivity index (χ1) is 11.8. The monoisotopic (exact) mass is 334 g/mol. The van der Waals surface area contributed by atoms with E-state index in [-0.39, 0.29) is 0 Å². The lowest BCUT2D eigenvalue weighted by molar-refractivity contribution is 0.0146. The molecule has 24 heavy (non-hydrogen) atoms. The average Bonchev–Trinajstić information content (AvgIpc) is 2.64. The van der Waals surface area contributed by atoms with Crippen molar-refractivity contribution in [3.8, 4) is 0 Å². The zero-order chi connectivity index (χ0) is 17.0. The van der Waals surface area contributed by atoms with Crippen molar-refractivity contribution < 1.29 is 4.74 Å². The molecule has 0 aromatic carbocycles. The second-order valence-corrected chi connectivity index (χ2v) is 8.55. The molecule has 0 radical (unpaired) electrons. The van der Waals surface area contributed by atoms with E-state index in [0.29, 0.717) is 6.10 Å². The lowest BCUT2D eigenvalue weighted by Gasteiger charge is -2.32. The molecule has 2 saturated carbocycles. The van der Waals surface area contributed by atoms with Crippen molar-refractivity contribution in [1.29, 1.82) is 0 Å². The predicted molar refractivity (Wildman–Crippen MR) is 105 cm³/mol. The Morgan fingerprint density at radius 3 is 1.88 bits per heavy atom. The average molecular weight is 335 g/mol. The summed E-state index contributed by atoms with van der Waals surface area (Å²) < 4.78 is 6.06. The number of unbranched alkanes of at least 4 members (excludes halogenated alkanes) is 2. The van der Waals surface area contributed by atoms with E-state index in [2.05, 4.69) is 19.6 Å². The van der Waals surface area contributed by atoms with E-state index in [9.17, 15) is 0 Å². The molecule has 140 valence electrons. The van der Waals surface area contributed by atoms with Gasteiger partial charge in [0.15, 0.2) is 0 Å². The van der Waals surface area contributed by atoms with Crippen LogP contribution >= 0.6 is 0 Å². The normalized spacial score (nSPS) is 31.0. The van der Waals surface area contributed by atoms with Crippen LogP contribution in [0.25, 0.3) is 0 Å². The Labute approximate surface area is 151 Å². The molecule has 0 aliphatic heterocycles. The molecule has 2 fully saturated rings. The van der Waals surface area contributed by atoms with Crippen molar-refractivity contribution in [1.82, 2.24) is 0 Å². The van der Waals surface area contributed by atoms with Crippen molar-refractivity contribution >= 4 is 0 Å². The fourth-order valence-corrected chi connectivity index (χ4v) is 4.82. The minimum atomic E-state index is 0.582. The van der Waals surface area contributed by atoms with Crippen LogP contribution in [0.3, 0.4) is 0 Å². The number of hydrogen-bond acceptors (Lipinski definition) is 1. The summed E-state index contributed by atoms with van der Waals surface area (Å²) in [6.07, 6.45) is 23.6. The van der Waals surface area contributed by atoms with Gasteiger partial charge in [0.25, 0.3) is 0 Å². The van der Waals surface area contributed by atoms with Crippen molar-refractivity contribution in [2.75, 3.05) is 6.61 Å². The van der Waals surface area contributed by atoms with Crippen LogP contribution in [-0.4, -0.2) is 12.7 Å². The maximum Gasteiger partial charge on any atom is 0.0575 e. The smallest absolute Gasteiger partial charge is 0.0575 e. The highest BCUT2D eigenvalue weighted by Gasteiger charge is 2.24. The zero-order valence-corrected chi connectivity index (χ0v) is 16.3. The Balaban J connectivity index is 1.50. The van der Waals surface area contributed by atoms with Gasteiger partial charge in [0.05, 0.1) is 6.10 Å². The van der Waals surface area contributed by atoms with Crippen molar-refractivity contribution in [3.63, 3.8) is 0 Å². The van der Waals surface area contributed by atoms with Gasteiger partial charge in [-0.3, -0.25) is 0 Å². The SMILES string of the molecule is C=CCCC1CCC(CCC2CCC(OCCCCC)CC2)CC1. The quantitative estimate of drug-likeness (QED) is 0.284. The Bertz CT molecular complexity index is 308. The minimum absolute atomic E-state index is 0.582. The summed E-state index contributed by atoms with van der Waals surface area (Å²) in [4.78, 5) is 0. The molecule has 2 rings (SSSR count). The third kappa shape index (κ3) is 7.72. The highest BCUT2D eigenvalue weighted by Crippen LogP contribution is 2.37. The van der Waals surface area contributed by atoms with Crippen molar-refractivity contribution in [2.24, 2.45) is 17.8 Å². The molecule has 0 unspecified atom stereocenters. The van der Waals surface area contributed by atoms with Gasteiger partial charge in [0.1, 0.15) is 0 Å². The fraction of sp³-hybridized carbons (Fsp3) is 0.913. The summed E-state index contributed by atoms with van der Waals surface area (Å²) in [7, 11) is 0. The Hall–Kier alpha value is -0.300. The third-order valence-electron chi connectivity index (χ3n) is 6.62. The lowest BCUT2D eigenvalue weighted by Crippen LogP contribution is -2.23. The van der Waals surface area contributed by atoms with Gasteiger partial charge in [-0.15, -0.1) is 6.58 Å². The van der Waals surface area contributed by atoms with Crippen LogP contribution in [0.1, 0.15) is 103 Å². The standard InChI is InChI=1S/C23H42O/c1-3-5-7-19-24-23-17-15-22(16-18-23)14-13-21-11-9-20(10-12-21)8-6-4-2/h4,20-23H,2-3,5-19H2,1H3. The Kier molecular flexibility index (Phi) is 10.1. The molecule has 0 N–H and O–H groups in total. The van der Waals surface area contributed by atoms with Gasteiger partial charge < -0.3 is 4.74 Å². The fourth-order valence-electron chi connectivity index (χ4n) is 4.82. The van der Waals surface area contributed by atoms with E-state index in [4.69, 9.17) is 4.74 Å². The predicted octanol–water partition coefficient (Wildman–Crippen LogP) is 7.30. The molecule has 0 aromatic rings. The van der Waals surface area contributed by atoms with Gasteiger partial charge >= 0.3 is 0 Å². The molecular formula is C23H42O. The van der Waals surface area contributed by atoms with E-state index < -0.39 is 0 Å². The molecular weight excluding hydrogens is 292 g/mol. The minimum Gasteiger partial charge on any atom is -0.378 e. The van der Waals surface area contributed by atoms with E-state index in [1.54, 1.807) is 0 Å². The molecule has 0 bridgehead atoms. The van der Waals surface area contributed by atoms with E-state index >= 15 is 0 Å². The highest BCUT2D eigenvalue weighted by molar-refractivity contribution is 4.78. The number of ether oxygens (including phenoxy) is 1. The summed E-state index contributed by atoms with van der Waals surface area (Å²) in [5, 5.41) is 0. The van der Waals surface area contributed by atoms with Crippen LogP contribution in [0.15, 0.2) is 12.7 Å². The Morgan fingerprint density at radius 2 is 1.33 bits per heavy atom. The summed E-state index contributed by atoms with van der Waals surface area (Å²) in [5.74, 6) is 3.03. The molecule has 0 atom stereocenters. The van der Waals surface area contributed by atoms with Crippen LogP contribution in [0.5, 0.6) is 0 Å². The van der Waals surface area contributed by atoms with Crippen LogP contribution < -0.4 is 0 Å². The highest BCUT2D eigenvalue weighted by atomic mass is 16.5. The molecule has 1 heteroatoms. The third-order valence-corrected chi connectivity index (χ3v) is 6.62. The molecule has 0 aromatic heterocycles. The van der Waals surface area contributed by atoms with Gasteiger partial charge in [-0.25, -0.2) is 0 Å². The van der Waals surface area contributed by atoms with E-state index in [1.807, 2.05) is 0 Å². The lowest BCUT2D eigenvalue weighted by atomic mass is 9.76. The summed E-state index contributed by atoms with van der Waals surface area (Å²) >= 11 is 0. The molecule has 0 spiro atoms. The van der Waals surface area contributed by atoms with E-state index in [1.165, 1.54) is 96.3 Å².